The number of anilines is 1. The summed E-state index contributed by atoms with van der Waals surface area (Å²) in [6, 6.07) is 5.36. The van der Waals surface area contributed by atoms with Crippen molar-refractivity contribution in [3.05, 3.63) is 33.9 Å². The smallest absolute Gasteiger partial charge is 0.274 e. The number of nitro groups is 1. The molecule has 0 amide bonds. The third-order valence-electron chi connectivity index (χ3n) is 3.81. The van der Waals surface area contributed by atoms with Crippen LogP contribution in [0.2, 0.25) is 0 Å². The fraction of sp³-hybridized carbons (Fsp3) is 0.571. The van der Waals surface area contributed by atoms with Crippen LogP contribution in [0.25, 0.3) is 0 Å². The zero-order chi connectivity index (χ0) is 13.2. The van der Waals surface area contributed by atoms with E-state index < -0.39 is 0 Å². The van der Waals surface area contributed by atoms with Gasteiger partial charge in [0, 0.05) is 23.9 Å². The lowest BCUT2D eigenvalue weighted by atomic mass is 10.0. The minimum absolute atomic E-state index is 0.195. The number of hydrogen-bond acceptors (Lipinski definition) is 3. The molecule has 0 spiro atoms. The van der Waals surface area contributed by atoms with Gasteiger partial charge in [-0.3, -0.25) is 10.1 Å². The molecule has 2 rings (SSSR count). The molecule has 1 aromatic carbocycles. The van der Waals surface area contributed by atoms with Crippen molar-refractivity contribution in [2.75, 3.05) is 11.9 Å². The third-order valence-corrected chi connectivity index (χ3v) is 3.81. The van der Waals surface area contributed by atoms with Gasteiger partial charge in [0.25, 0.3) is 5.69 Å². The van der Waals surface area contributed by atoms with Crippen LogP contribution in [0.5, 0.6) is 0 Å². The molecule has 0 bridgehead atoms. The summed E-state index contributed by atoms with van der Waals surface area (Å²) >= 11 is 0. The first-order chi connectivity index (χ1) is 8.56. The lowest BCUT2D eigenvalue weighted by molar-refractivity contribution is -0.385. The predicted molar refractivity (Wildman–Crippen MR) is 72.9 cm³/mol. The molecular formula is C14H20N2O2. The van der Waals surface area contributed by atoms with Gasteiger partial charge in [0.1, 0.15) is 0 Å². The van der Waals surface area contributed by atoms with E-state index in [1.54, 1.807) is 19.1 Å². The van der Waals surface area contributed by atoms with Gasteiger partial charge in [0.05, 0.1) is 4.92 Å². The van der Waals surface area contributed by atoms with Crippen molar-refractivity contribution in [2.45, 2.75) is 39.5 Å². The summed E-state index contributed by atoms with van der Waals surface area (Å²) in [5.74, 6) is 0. The maximum atomic E-state index is 10.9. The fourth-order valence-electron chi connectivity index (χ4n) is 2.43. The van der Waals surface area contributed by atoms with Gasteiger partial charge in [0.15, 0.2) is 0 Å². The van der Waals surface area contributed by atoms with Crippen LogP contribution in [0.4, 0.5) is 11.4 Å². The van der Waals surface area contributed by atoms with Crippen LogP contribution in [-0.2, 0) is 0 Å². The Labute approximate surface area is 108 Å². The van der Waals surface area contributed by atoms with E-state index in [0.29, 0.717) is 11.0 Å². The first-order valence-corrected chi connectivity index (χ1v) is 6.55. The Balaban J connectivity index is 2.02. The Hall–Kier alpha value is -1.58. The Bertz CT molecular complexity index is 453. The minimum atomic E-state index is -0.320. The van der Waals surface area contributed by atoms with Gasteiger partial charge >= 0.3 is 0 Å². The first-order valence-electron chi connectivity index (χ1n) is 6.55. The summed E-state index contributed by atoms with van der Waals surface area (Å²) in [4.78, 5) is 10.5. The van der Waals surface area contributed by atoms with Gasteiger partial charge in [0.2, 0.25) is 0 Å². The van der Waals surface area contributed by atoms with Gasteiger partial charge in [-0.1, -0.05) is 19.4 Å². The fourth-order valence-corrected chi connectivity index (χ4v) is 2.43. The lowest BCUT2D eigenvalue weighted by Gasteiger charge is -2.15. The highest BCUT2D eigenvalue weighted by molar-refractivity contribution is 5.55. The second-order valence-electron chi connectivity index (χ2n) is 5.36. The van der Waals surface area contributed by atoms with Gasteiger partial charge in [-0.25, -0.2) is 0 Å². The van der Waals surface area contributed by atoms with E-state index in [2.05, 4.69) is 12.2 Å². The van der Waals surface area contributed by atoms with E-state index >= 15 is 0 Å². The average Bonchev–Trinajstić information content (AvgIpc) is 3.08. The summed E-state index contributed by atoms with van der Waals surface area (Å²) < 4.78 is 0. The number of rotatable bonds is 6. The molecule has 1 aromatic rings. The molecule has 0 unspecified atom stereocenters. The highest BCUT2D eigenvalue weighted by Gasteiger charge is 2.41. The van der Waals surface area contributed by atoms with Crippen molar-refractivity contribution in [3.8, 4) is 0 Å². The van der Waals surface area contributed by atoms with Crippen molar-refractivity contribution in [3.63, 3.8) is 0 Å². The summed E-state index contributed by atoms with van der Waals surface area (Å²) in [5.41, 5.74) is 2.21. The van der Waals surface area contributed by atoms with E-state index in [-0.39, 0.29) is 10.6 Å². The molecule has 1 saturated carbocycles. The summed E-state index contributed by atoms with van der Waals surface area (Å²) in [7, 11) is 0. The maximum absolute atomic E-state index is 10.9. The molecule has 1 aliphatic carbocycles. The van der Waals surface area contributed by atoms with Gasteiger partial charge < -0.3 is 5.32 Å². The molecule has 0 aromatic heterocycles. The SMILES string of the molecule is CCCC1(CNc2ccc(C)c([N+](=O)[O-])c2)CC1. The summed E-state index contributed by atoms with van der Waals surface area (Å²) in [5, 5.41) is 14.2. The zero-order valence-corrected chi connectivity index (χ0v) is 11.0. The molecule has 0 radical (unpaired) electrons. The van der Waals surface area contributed by atoms with Crippen LogP contribution in [0.3, 0.4) is 0 Å². The lowest BCUT2D eigenvalue weighted by Crippen LogP contribution is -2.15. The standard InChI is InChI=1S/C14H20N2O2/c1-3-6-14(7-8-14)10-15-12-5-4-11(2)13(9-12)16(17)18/h4-5,9,15H,3,6-8,10H2,1-2H3. The highest BCUT2D eigenvalue weighted by Crippen LogP contribution is 2.49. The quantitative estimate of drug-likeness (QED) is 0.613. The molecule has 0 aliphatic heterocycles. The van der Waals surface area contributed by atoms with E-state index in [9.17, 15) is 10.1 Å². The van der Waals surface area contributed by atoms with Crippen LogP contribution >= 0.6 is 0 Å². The van der Waals surface area contributed by atoms with Gasteiger partial charge in [-0.05, 0) is 37.7 Å². The van der Waals surface area contributed by atoms with Crippen molar-refractivity contribution < 1.29 is 4.92 Å². The topological polar surface area (TPSA) is 55.2 Å². The molecule has 4 nitrogen and oxygen atoms in total. The number of aryl methyl sites for hydroxylation is 1. The number of nitro benzene ring substituents is 1. The summed E-state index contributed by atoms with van der Waals surface area (Å²) in [6.45, 7) is 4.90. The normalized spacial score (nSPS) is 16.3. The second kappa shape index (κ2) is 4.96. The Morgan fingerprint density at radius 1 is 1.44 bits per heavy atom. The van der Waals surface area contributed by atoms with E-state index in [4.69, 9.17) is 0 Å². The van der Waals surface area contributed by atoms with Crippen LogP contribution in [0, 0.1) is 22.5 Å². The number of hydrogen-bond donors (Lipinski definition) is 1. The second-order valence-corrected chi connectivity index (χ2v) is 5.36. The van der Waals surface area contributed by atoms with Crippen LogP contribution in [0.15, 0.2) is 18.2 Å². The predicted octanol–water partition coefficient (Wildman–Crippen LogP) is 3.90. The Morgan fingerprint density at radius 2 is 2.17 bits per heavy atom. The van der Waals surface area contributed by atoms with Gasteiger partial charge in [-0.15, -0.1) is 0 Å². The van der Waals surface area contributed by atoms with Crippen molar-refractivity contribution in [1.29, 1.82) is 0 Å². The molecule has 1 fully saturated rings. The highest BCUT2D eigenvalue weighted by atomic mass is 16.6. The largest absolute Gasteiger partial charge is 0.384 e. The monoisotopic (exact) mass is 248 g/mol. The van der Waals surface area contributed by atoms with E-state index in [0.717, 1.165) is 12.2 Å². The van der Waals surface area contributed by atoms with Crippen molar-refractivity contribution in [1.82, 2.24) is 0 Å². The first kappa shape index (κ1) is 12.9. The minimum Gasteiger partial charge on any atom is -0.384 e. The molecule has 0 atom stereocenters. The average molecular weight is 248 g/mol. The molecule has 4 heteroatoms. The molecular weight excluding hydrogens is 228 g/mol. The van der Waals surface area contributed by atoms with Crippen LogP contribution in [0.1, 0.15) is 38.2 Å². The van der Waals surface area contributed by atoms with E-state index in [1.165, 1.54) is 25.7 Å². The van der Waals surface area contributed by atoms with E-state index in [1.807, 2.05) is 6.07 Å². The molecule has 98 valence electrons. The van der Waals surface area contributed by atoms with Crippen molar-refractivity contribution in [2.24, 2.45) is 5.41 Å². The maximum Gasteiger partial charge on any atom is 0.274 e. The number of nitrogens with one attached hydrogen (secondary N) is 1. The number of benzene rings is 1. The van der Waals surface area contributed by atoms with Gasteiger partial charge in [-0.2, -0.15) is 0 Å². The Morgan fingerprint density at radius 3 is 2.72 bits per heavy atom. The zero-order valence-electron chi connectivity index (χ0n) is 11.0. The molecule has 18 heavy (non-hydrogen) atoms. The van der Waals surface area contributed by atoms with Crippen molar-refractivity contribution >= 4 is 11.4 Å². The van der Waals surface area contributed by atoms with Crippen LogP contribution < -0.4 is 5.32 Å². The Kier molecular flexibility index (Phi) is 3.55. The molecule has 0 heterocycles. The third kappa shape index (κ3) is 2.81. The molecule has 1 aliphatic rings. The van der Waals surface area contributed by atoms with Crippen LogP contribution in [-0.4, -0.2) is 11.5 Å². The molecule has 1 N–H and O–H groups in total. The summed E-state index contributed by atoms with van der Waals surface area (Å²) in [6.07, 6.45) is 5.01. The number of nitrogens with zero attached hydrogens (tertiary/aromatic N) is 1. The molecule has 0 saturated heterocycles.